The summed E-state index contributed by atoms with van der Waals surface area (Å²) in [6.07, 6.45) is 6.37. The maximum atomic E-state index is 12.4. The van der Waals surface area contributed by atoms with Crippen molar-refractivity contribution in [1.29, 1.82) is 0 Å². The second kappa shape index (κ2) is 7.68. The Bertz CT molecular complexity index is 1440. The number of hydrogen-bond acceptors (Lipinski definition) is 4. The second-order valence-corrected chi connectivity index (χ2v) is 9.52. The van der Waals surface area contributed by atoms with Gasteiger partial charge in [-0.2, -0.15) is 5.10 Å². The van der Waals surface area contributed by atoms with E-state index in [0.29, 0.717) is 19.0 Å². The van der Waals surface area contributed by atoms with Gasteiger partial charge in [0.25, 0.3) is 0 Å². The molecule has 6 rings (SSSR count). The average molecular weight is 456 g/mol. The molecule has 1 saturated carbocycles. The van der Waals surface area contributed by atoms with E-state index >= 15 is 0 Å². The van der Waals surface area contributed by atoms with Gasteiger partial charge < -0.3 is 14.8 Å². The molecular formula is C26H29N7O. The van der Waals surface area contributed by atoms with Gasteiger partial charge in [-0.3, -0.25) is 9.67 Å². The minimum Gasteiger partial charge on any atom is -0.341 e. The van der Waals surface area contributed by atoms with E-state index in [9.17, 15) is 4.79 Å². The maximum Gasteiger partial charge on any atom is 0.317 e. The van der Waals surface area contributed by atoms with Crippen LogP contribution in [0.25, 0.3) is 33.3 Å². The quantitative estimate of drug-likeness (QED) is 0.503. The molecule has 0 atom stereocenters. The van der Waals surface area contributed by atoms with E-state index in [4.69, 9.17) is 9.97 Å². The molecular weight excluding hydrogens is 426 g/mol. The van der Waals surface area contributed by atoms with Gasteiger partial charge in [0.15, 0.2) is 0 Å². The molecule has 34 heavy (non-hydrogen) atoms. The van der Waals surface area contributed by atoms with Gasteiger partial charge >= 0.3 is 6.03 Å². The first-order chi connectivity index (χ1) is 16.4. The first-order valence-corrected chi connectivity index (χ1v) is 11.9. The van der Waals surface area contributed by atoms with Gasteiger partial charge in [-0.25, -0.2) is 9.78 Å². The van der Waals surface area contributed by atoms with E-state index in [2.05, 4.69) is 40.1 Å². The number of aryl methyl sites for hydroxylation is 3. The van der Waals surface area contributed by atoms with Crippen LogP contribution in [0.1, 0.15) is 41.5 Å². The molecule has 4 heterocycles. The van der Waals surface area contributed by atoms with Crippen molar-refractivity contribution in [3.8, 4) is 22.5 Å². The first kappa shape index (κ1) is 20.9. The van der Waals surface area contributed by atoms with Gasteiger partial charge in [0.2, 0.25) is 0 Å². The summed E-state index contributed by atoms with van der Waals surface area (Å²) >= 11 is 0. The number of imidazole rings is 1. The predicted molar refractivity (Wildman–Crippen MR) is 131 cm³/mol. The molecule has 0 radical (unpaired) electrons. The molecule has 2 aliphatic rings. The zero-order chi connectivity index (χ0) is 23.6. The number of benzene rings is 1. The highest BCUT2D eigenvalue weighted by Gasteiger charge is 2.35. The zero-order valence-corrected chi connectivity index (χ0v) is 20.1. The lowest BCUT2D eigenvalue weighted by atomic mass is 9.96. The molecule has 0 bridgehead atoms. The normalized spacial score (nSPS) is 15.6. The number of carbonyl (C=O) groups is 1. The van der Waals surface area contributed by atoms with E-state index in [1.807, 2.05) is 35.9 Å². The summed E-state index contributed by atoms with van der Waals surface area (Å²) < 4.78 is 4.19. The SMILES string of the molecule is CNC(=O)N1CCn2c(C3CC3)nc(-c3c(C)ccc4cc(-c5cn(C)nc5C)ncc34)c2C1. The monoisotopic (exact) mass is 455 g/mol. The smallest absolute Gasteiger partial charge is 0.317 e. The molecule has 1 aliphatic carbocycles. The van der Waals surface area contributed by atoms with Crippen LogP contribution in [0.2, 0.25) is 0 Å². The van der Waals surface area contributed by atoms with Crippen LogP contribution in [0.4, 0.5) is 4.79 Å². The van der Waals surface area contributed by atoms with E-state index in [-0.39, 0.29) is 6.03 Å². The summed E-state index contributed by atoms with van der Waals surface area (Å²) in [6, 6.07) is 6.42. The van der Waals surface area contributed by atoms with E-state index < -0.39 is 0 Å². The standard InChI is InChI=1S/C26H29N7O/c1-15-5-6-18-11-21(20-13-31(4)30-16(20)2)28-12-19(18)23(15)24-22-14-32(26(34)27-3)9-10-33(22)25(29-24)17-7-8-17/h5-6,11-13,17H,7-10,14H2,1-4H3,(H,27,34). The van der Waals surface area contributed by atoms with Crippen LogP contribution in [0.5, 0.6) is 0 Å². The van der Waals surface area contributed by atoms with Crippen molar-refractivity contribution in [2.75, 3.05) is 13.6 Å². The average Bonchev–Trinajstić information content (AvgIpc) is 3.54. The molecule has 1 aromatic carbocycles. The Morgan fingerprint density at radius 1 is 1.18 bits per heavy atom. The third-order valence-corrected chi connectivity index (χ3v) is 7.12. The predicted octanol–water partition coefficient (Wildman–Crippen LogP) is 4.15. The van der Waals surface area contributed by atoms with Crippen LogP contribution in [0.15, 0.2) is 30.6 Å². The van der Waals surface area contributed by atoms with Gasteiger partial charge in [-0.05, 0) is 43.7 Å². The summed E-state index contributed by atoms with van der Waals surface area (Å²) in [5.74, 6) is 1.71. The summed E-state index contributed by atoms with van der Waals surface area (Å²) in [6.45, 7) is 6.19. The lowest BCUT2D eigenvalue weighted by Crippen LogP contribution is -2.43. The van der Waals surface area contributed by atoms with Crippen LogP contribution < -0.4 is 5.32 Å². The third-order valence-electron chi connectivity index (χ3n) is 7.12. The van der Waals surface area contributed by atoms with Gasteiger partial charge in [-0.15, -0.1) is 0 Å². The Morgan fingerprint density at radius 3 is 2.71 bits per heavy atom. The maximum absolute atomic E-state index is 12.4. The molecule has 8 heteroatoms. The molecule has 1 fully saturated rings. The largest absolute Gasteiger partial charge is 0.341 e. The number of aromatic nitrogens is 5. The molecule has 0 unspecified atom stereocenters. The van der Waals surface area contributed by atoms with Crippen molar-refractivity contribution >= 4 is 16.8 Å². The van der Waals surface area contributed by atoms with Crippen molar-refractivity contribution < 1.29 is 4.79 Å². The minimum atomic E-state index is -0.0424. The van der Waals surface area contributed by atoms with Crippen molar-refractivity contribution in [2.24, 2.45) is 7.05 Å². The topological polar surface area (TPSA) is 80.9 Å². The summed E-state index contributed by atoms with van der Waals surface area (Å²) in [5.41, 5.74) is 7.33. The Hall–Kier alpha value is -3.68. The Balaban J connectivity index is 1.52. The van der Waals surface area contributed by atoms with E-state index in [1.165, 1.54) is 24.2 Å². The fourth-order valence-electron chi connectivity index (χ4n) is 5.22. The van der Waals surface area contributed by atoms with Gasteiger partial charge in [-0.1, -0.05) is 12.1 Å². The number of fused-ring (bicyclic) bond motifs is 2. The van der Waals surface area contributed by atoms with Crippen LogP contribution in [0.3, 0.4) is 0 Å². The Labute approximate surface area is 198 Å². The molecule has 174 valence electrons. The third kappa shape index (κ3) is 3.28. The number of urea groups is 1. The highest BCUT2D eigenvalue weighted by molar-refractivity contribution is 5.99. The second-order valence-electron chi connectivity index (χ2n) is 9.52. The number of carbonyl (C=O) groups excluding carboxylic acids is 1. The van der Waals surface area contributed by atoms with Gasteiger partial charge in [0.05, 0.1) is 29.3 Å². The van der Waals surface area contributed by atoms with Crippen molar-refractivity contribution in [2.45, 2.75) is 45.7 Å². The molecule has 1 N–H and O–H groups in total. The van der Waals surface area contributed by atoms with Crippen molar-refractivity contribution in [3.05, 3.63) is 53.4 Å². The van der Waals surface area contributed by atoms with Gasteiger partial charge in [0, 0.05) is 62.0 Å². The summed E-state index contributed by atoms with van der Waals surface area (Å²) in [5, 5.41) is 9.47. The van der Waals surface area contributed by atoms with Crippen molar-refractivity contribution in [3.63, 3.8) is 0 Å². The molecule has 3 aromatic heterocycles. The van der Waals surface area contributed by atoms with E-state index in [1.54, 1.807) is 7.05 Å². The fraction of sp³-hybridized carbons (Fsp3) is 0.385. The summed E-state index contributed by atoms with van der Waals surface area (Å²) in [7, 11) is 3.62. The minimum absolute atomic E-state index is 0.0424. The number of amides is 2. The lowest BCUT2D eigenvalue weighted by molar-refractivity contribution is 0.185. The van der Waals surface area contributed by atoms with Crippen LogP contribution in [-0.4, -0.2) is 48.8 Å². The lowest BCUT2D eigenvalue weighted by Gasteiger charge is -2.29. The molecule has 4 aromatic rings. The molecule has 0 saturated heterocycles. The van der Waals surface area contributed by atoms with Crippen molar-refractivity contribution in [1.82, 2.24) is 34.5 Å². The summed E-state index contributed by atoms with van der Waals surface area (Å²) in [4.78, 5) is 24.4. The number of nitrogens with zero attached hydrogens (tertiary/aromatic N) is 6. The number of pyridine rings is 1. The number of rotatable bonds is 3. The zero-order valence-electron chi connectivity index (χ0n) is 20.1. The highest BCUT2D eigenvalue weighted by Crippen LogP contribution is 2.44. The fourth-order valence-corrected chi connectivity index (χ4v) is 5.22. The Morgan fingerprint density at radius 2 is 2.00 bits per heavy atom. The van der Waals surface area contributed by atoms with Crippen LogP contribution in [-0.2, 0) is 20.1 Å². The molecule has 1 aliphatic heterocycles. The highest BCUT2D eigenvalue weighted by atomic mass is 16.2. The van der Waals surface area contributed by atoms with Gasteiger partial charge in [0.1, 0.15) is 5.82 Å². The molecule has 2 amide bonds. The van der Waals surface area contributed by atoms with Crippen LogP contribution >= 0.6 is 0 Å². The Kier molecular flexibility index (Phi) is 4.72. The molecule has 0 spiro atoms. The number of nitrogens with one attached hydrogen (secondary N) is 1. The molecule has 8 nitrogen and oxygen atoms in total. The number of hydrogen-bond donors (Lipinski definition) is 1. The first-order valence-electron chi connectivity index (χ1n) is 11.9. The van der Waals surface area contributed by atoms with E-state index in [0.717, 1.165) is 51.2 Å². The van der Waals surface area contributed by atoms with Crippen LogP contribution in [0, 0.1) is 13.8 Å².